The molecule has 1 aliphatic heterocycles. The molecule has 2 aromatic rings. The molecule has 1 saturated heterocycles. The van der Waals surface area contributed by atoms with E-state index in [9.17, 15) is 9.18 Å². The largest absolute Gasteiger partial charge is 0.353 e. The molecule has 1 amide bonds. The fourth-order valence-electron chi connectivity index (χ4n) is 2.23. The summed E-state index contributed by atoms with van der Waals surface area (Å²) in [6.45, 7) is 3.17. The van der Waals surface area contributed by atoms with Crippen molar-refractivity contribution in [2.45, 2.75) is 13.0 Å². The summed E-state index contributed by atoms with van der Waals surface area (Å²) in [4.78, 5) is 18.1. The lowest BCUT2D eigenvalue weighted by atomic mass is 10.1. The van der Waals surface area contributed by atoms with E-state index in [1.807, 2.05) is 17.2 Å². The number of halogens is 1. The Labute approximate surface area is 120 Å². The minimum absolute atomic E-state index is 0.00103. The zero-order chi connectivity index (χ0) is 14.1. The number of rotatable bonds is 2. The molecule has 0 saturated carbocycles. The van der Waals surface area contributed by atoms with Gasteiger partial charge in [0, 0.05) is 24.0 Å². The van der Waals surface area contributed by atoms with Gasteiger partial charge in [0.25, 0.3) is 0 Å². The number of hydrogen-bond donors (Lipinski definition) is 1. The summed E-state index contributed by atoms with van der Waals surface area (Å²) in [6.07, 6.45) is 0. The average molecular weight is 291 g/mol. The fraction of sp³-hybridized carbons (Fsp3) is 0.286. The van der Waals surface area contributed by atoms with E-state index in [1.165, 1.54) is 17.4 Å². The maximum absolute atomic E-state index is 13.8. The van der Waals surface area contributed by atoms with Gasteiger partial charge < -0.3 is 10.2 Å². The van der Waals surface area contributed by atoms with Crippen LogP contribution in [0.3, 0.4) is 0 Å². The first-order valence-corrected chi connectivity index (χ1v) is 7.29. The summed E-state index contributed by atoms with van der Waals surface area (Å²) in [6, 6.07) is 6.33. The standard InChI is InChI=1S/C14H14FN3OS/c1-9-13(19)16-6-7-18(9)14-17-12(8-20-14)10-4-2-3-5-11(10)15/h2-5,8-9H,6-7H2,1H3,(H,16,19)/t9-/m0/s1. The molecule has 0 unspecified atom stereocenters. The molecule has 0 aliphatic carbocycles. The SMILES string of the molecule is C[C@H]1C(=O)NCCN1c1nc(-c2ccccc2F)cs1. The first-order valence-electron chi connectivity index (χ1n) is 6.41. The molecule has 1 aromatic heterocycles. The van der Waals surface area contributed by atoms with E-state index in [0.29, 0.717) is 17.8 Å². The summed E-state index contributed by atoms with van der Waals surface area (Å²) in [5.41, 5.74) is 1.10. The van der Waals surface area contributed by atoms with E-state index in [2.05, 4.69) is 10.3 Å². The van der Waals surface area contributed by atoms with Gasteiger partial charge in [-0.25, -0.2) is 9.37 Å². The molecule has 0 radical (unpaired) electrons. The van der Waals surface area contributed by atoms with Gasteiger partial charge in [-0.1, -0.05) is 12.1 Å². The van der Waals surface area contributed by atoms with Gasteiger partial charge in [-0.15, -0.1) is 11.3 Å². The van der Waals surface area contributed by atoms with Gasteiger partial charge in [-0.05, 0) is 19.1 Å². The van der Waals surface area contributed by atoms with Crippen LogP contribution in [0.25, 0.3) is 11.3 Å². The molecule has 1 fully saturated rings. The third kappa shape index (κ3) is 2.27. The molecular weight excluding hydrogens is 277 g/mol. The number of carbonyl (C=O) groups excluding carboxylic acids is 1. The number of piperazine rings is 1. The van der Waals surface area contributed by atoms with Gasteiger partial charge in [-0.3, -0.25) is 4.79 Å². The lowest BCUT2D eigenvalue weighted by Gasteiger charge is -2.32. The quantitative estimate of drug-likeness (QED) is 0.923. The van der Waals surface area contributed by atoms with E-state index >= 15 is 0 Å². The second kappa shape index (κ2) is 5.20. The highest BCUT2D eigenvalue weighted by Crippen LogP contribution is 2.30. The lowest BCUT2D eigenvalue weighted by molar-refractivity contribution is -0.122. The van der Waals surface area contributed by atoms with Gasteiger partial charge in [0.1, 0.15) is 11.9 Å². The van der Waals surface area contributed by atoms with Gasteiger partial charge in [0.15, 0.2) is 5.13 Å². The van der Waals surface area contributed by atoms with Crippen molar-refractivity contribution in [1.29, 1.82) is 0 Å². The second-order valence-corrected chi connectivity index (χ2v) is 5.49. The number of benzene rings is 1. The Morgan fingerprint density at radius 2 is 2.25 bits per heavy atom. The number of anilines is 1. The highest BCUT2D eigenvalue weighted by Gasteiger charge is 2.27. The first kappa shape index (κ1) is 13.1. The zero-order valence-electron chi connectivity index (χ0n) is 11.0. The maximum atomic E-state index is 13.8. The Morgan fingerprint density at radius 3 is 3.05 bits per heavy atom. The average Bonchev–Trinajstić information content (AvgIpc) is 2.92. The molecule has 104 valence electrons. The van der Waals surface area contributed by atoms with Crippen LogP contribution in [-0.2, 0) is 4.79 Å². The third-order valence-corrected chi connectivity index (χ3v) is 4.26. The Bertz CT molecular complexity index is 643. The Morgan fingerprint density at radius 1 is 1.45 bits per heavy atom. The molecule has 1 aromatic carbocycles. The molecule has 1 N–H and O–H groups in total. The first-order chi connectivity index (χ1) is 9.66. The highest BCUT2D eigenvalue weighted by atomic mass is 32.1. The number of hydrogen-bond acceptors (Lipinski definition) is 4. The van der Waals surface area contributed by atoms with Crippen molar-refractivity contribution >= 4 is 22.4 Å². The van der Waals surface area contributed by atoms with Gasteiger partial charge in [0.05, 0.1) is 5.69 Å². The summed E-state index contributed by atoms with van der Waals surface area (Å²) in [7, 11) is 0. The minimum Gasteiger partial charge on any atom is -0.353 e. The van der Waals surface area contributed by atoms with Crippen LogP contribution in [0.5, 0.6) is 0 Å². The number of carbonyl (C=O) groups is 1. The number of nitrogens with one attached hydrogen (secondary N) is 1. The van der Waals surface area contributed by atoms with Crippen LogP contribution >= 0.6 is 11.3 Å². The van der Waals surface area contributed by atoms with Crippen molar-refractivity contribution in [1.82, 2.24) is 10.3 Å². The number of amides is 1. The Hall–Kier alpha value is -1.95. The Kier molecular flexibility index (Phi) is 3.40. The summed E-state index contributed by atoms with van der Waals surface area (Å²) in [5.74, 6) is -0.285. The van der Waals surface area contributed by atoms with Crippen molar-refractivity contribution in [3.63, 3.8) is 0 Å². The second-order valence-electron chi connectivity index (χ2n) is 4.66. The predicted octanol–water partition coefficient (Wildman–Crippen LogP) is 2.27. The zero-order valence-corrected chi connectivity index (χ0v) is 11.8. The monoisotopic (exact) mass is 291 g/mol. The van der Waals surface area contributed by atoms with Gasteiger partial charge in [0.2, 0.25) is 5.91 Å². The molecule has 0 spiro atoms. The third-order valence-electron chi connectivity index (χ3n) is 3.39. The molecule has 1 atom stereocenters. The molecule has 0 bridgehead atoms. The molecule has 1 aliphatic rings. The van der Waals surface area contributed by atoms with E-state index in [-0.39, 0.29) is 17.8 Å². The van der Waals surface area contributed by atoms with Crippen molar-refractivity contribution in [3.8, 4) is 11.3 Å². The van der Waals surface area contributed by atoms with Crippen molar-refractivity contribution in [2.75, 3.05) is 18.0 Å². The molecule has 3 rings (SSSR count). The maximum Gasteiger partial charge on any atom is 0.242 e. The van der Waals surface area contributed by atoms with Crippen LogP contribution in [0, 0.1) is 5.82 Å². The van der Waals surface area contributed by atoms with Crippen LogP contribution in [0.1, 0.15) is 6.92 Å². The molecule has 6 heteroatoms. The topological polar surface area (TPSA) is 45.2 Å². The summed E-state index contributed by atoms with van der Waals surface area (Å²) >= 11 is 1.43. The normalized spacial score (nSPS) is 19.0. The highest BCUT2D eigenvalue weighted by molar-refractivity contribution is 7.14. The van der Waals surface area contributed by atoms with Crippen LogP contribution < -0.4 is 10.2 Å². The molecule has 20 heavy (non-hydrogen) atoms. The van der Waals surface area contributed by atoms with E-state index in [4.69, 9.17) is 0 Å². The Balaban J connectivity index is 1.91. The van der Waals surface area contributed by atoms with Gasteiger partial charge in [-0.2, -0.15) is 0 Å². The van der Waals surface area contributed by atoms with E-state index in [1.54, 1.807) is 18.2 Å². The number of nitrogens with zero attached hydrogens (tertiary/aromatic N) is 2. The molecular formula is C14H14FN3OS. The van der Waals surface area contributed by atoms with Gasteiger partial charge >= 0.3 is 0 Å². The smallest absolute Gasteiger partial charge is 0.242 e. The van der Waals surface area contributed by atoms with E-state index < -0.39 is 0 Å². The van der Waals surface area contributed by atoms with Crippen LogP contribution in [0.2, 0.25) is 0 Å². The predicted molar refractivity (Wildman–Crippen MR) is 77.3 cm³/mol. The fourth-order valence-corrected chi connectivity index (χ4v) is 3.17. The number of thiazole rings is 1. The van der Waals surface area contributed by atoms with Crippen molar-refractivity contribution in [2.24, 2.45) is 0 Å². The van der Waals surface area contributed by atoms with Crippen LogP contribution in [-0.4, -0.2) is 30.0 Å². The summed E-state index contributed by atoms with van der Waals surface area (Å²) < 4.78 is 13.8. The van der Waals surface area contributed by atoms with Crippen molar-refractivity contribution in [3.05, 3.63) is 35.5 Å². The van der Waals surface area contributed by atoms with E-state index in [0.717, 1.165) is 11.7 Å². The van der Waals surface area contributed by atoms with Crippen LogP contribution in [0.15, 0.2) is 29.6 Å². The van der Waals surface area contributed by atoms with Crippen LogP contribution in [0.4, 0.5) is 9.52 Å². The molecule has 2 heterocycles. The summed E-state index contributed by atoms with van der Waals surface area (Å²) in [5, 5.41) is 5.40. The van der Waals surface area contributed by atoms with Crippen molar-refractivity contribution < 1.29 is 9.18 Å². The lowest BCUT2D eigenvalue weighted by Crippen LogP contribution is -2.54. The molecule has 4 nitrogen and oxygen atoms in total. The number of aromatic nitrogens is 1. The minimum atomic E-state index is -0.284.